The zero-order valence-corrected chi connectivity index (χ0v) is 11.5. The van der Waals surface area contributed by atoms with Crippen molar-refractivity contribution in [1.82, 2.24) is 0 Å². The van der Waals surface area contributed by atoms with Crippen molar-refractivity contribution in [2.24, 2.45) is 0 Å². The molecule has 0 unspecified atom stereocenters. The summed E-state index contributed by atoms with van der Waals surface area (Å²) in [6.45, 7) is 1.84. The number of rotatable bonds is 3. The Morgan fingerprint density at radius 1 is 1.16 bits per heavy atom. The largest absolute Gasteiger partial charge is 0.478 e. The Balaban J connectivity index is 2.39. The maximum atomic E-state index is 11.1. The number of carboxylic acids is 1. The number of benzene rings is 2. The van der Waals surface area contributed by atoms with Crippen LogP contribution in [0.4, 0.5) is 0 Å². The zero-order valence-electron chi connectivity index (χ0n) is 9.98. The maximum absolute atomic E-state index is 11.1. The fraction of sp³-hybridized carbons (Fsp3) is 0.0714. The molecule has 98 valence electrons. The smallest absolute Gasteiger partial charge is 0.339 e. The molecule has 0 aliphatic heterocycles. The highest BCUT2D eigenvalue weighted by Crippen LogP contribution is 2.30. The second-order valence-corrected chi connectivity index (χ2v) is 4.80. The van der Waals surface area contributed by atoms with Crippen molar-refractivity contribution >= 4 is 29.2 Å². The standard InChI is InChI=1S/C14H10Cl2O3/c1-8-6-10(3-5-12(8)16)19-13-7-9(15)2-4-11(13)14(17)18/h2-7H,1H3,(H,17,18). The molecule has 3 nitrogen and oxygen atoms in total. The van der Waals surface area contributed by atoms with Crippen molar-refractivity contribution < 1.29 is 14.6 Å². The van der Waals surface area contributed by atoms with E-state index in [0.29, 0.717) is 15.8 Å². The van der Waals surface area contributed by atoms with Crippen LogP contribution in [-0.2, 0) is 0 Å². The first-order valence-corrected chi connectivity index (χ1v) is 6.20. The molecule has 2 rings (SSSR count). The Morgan fingerprint density at radius 2 is 1.89 bits per heavy atom. The number of halogens is 2. The lowest BCUT2D eigenvalue weighted by atomic mass is 10.2. The molecular formula is C14H10Cl2O3. The van der Waals surface area contributed by atoms with Crippen molar-refractivity contribution in [3.63, 3.8) is 0 Å². The Bertz CT molecular complexity index is 639. The molecule has 0 aliphatic rings. The second-order valence-electron chi connectivity index (χ2n) is 3.96. The van der Waals surface area contributed by atoms with Crippen LogP contribution in [0.15, 0.2) is 36.4 Å². The van der Waals surface area contributed by atoms with Crippen molar-refractivity contribution in [2.45, 2.75) is 6.92 Å². The van der Waals surface area contributed by atoms with Gasteiger partial charge in [-0.2, -0.15) is 0 Å². The molecule has 0 amide bonds. The highest BCUT2D eigenvalue weighted by Gasteiger charge is 2.13. The van der Waals surface area contributed by atoms with E-state index < -0.39 is 5.97 Å². The van der Waals surface area contributed by atoms with Gasteiger partial charge in [-0.3, -0.25) is 0 Å². The van der Waals surface area contributed by atoms with Crippen LogP contribution >= 0.6 is 23.2 Å². The molecule has 0 atom stereocenters. The molecule has 0 bridgehead atoms. The number of carbonyl (C=O) groups is 1. The third-order valence-corrected chi connectivity index (χ3v) is 3.19. The van der Waals surface area contributed by atoms with Crippen LogP contribution in [0, 0.1) is 6.92 Å². The predicted octanol–water partition coefficient (Wildman–Crippen LogP) is 4.79. The topological polar surface area (TPSA) is 46.5 Å². The highest BCUT2D eigenvalue weighted by molar-refractivity contribution is 6.31. The van der Waals surface area contributed by atoms with Crippen LogP contribution in [0.2, 0.25) is 10.0 Å². The summed E-state index contributed by atoms with van der Waals surface area (Å²) < 4.78 is 5.56. The number of hydrogen-bond donors (Lipinski definition) is 1. The monoisotopic (exact) mass is 296 g/mol. The van der Waals surface area contributed by atoms with Gasteiger partial charge < -0.3 is 9.84 Å². The van der Waals surface area contributed by atoms with E-state index in [1.54, 1.807) is 18.2 Å². The highest BCUT2D eigenvalue weighted by atomic mass is 35.5. The average Bonchev–Trinajstić information content (AvgIpc) is 2.33. The average molecular weight is 297 g/mol. The Labute approximate surface area is 120 Å². The number of aryl methyl sites for hydroxylation is 1. The third kappa shape index (κ3) is 3.19. The van der Waals surface area contributed by atoms with E-state index in [-0.39, 0.29) is 11.3 Å². The normalized spacial score (nSPS) is 10.3. The molecule has 0 saturated heterocycles. The summed E-state index contributed by atoms with van der Waals surface area (Å²) >= 11 is 11.8. The number of aromatic carboxylic acids is 1. The minimum atomic E-state index is -1.07. The van der Waals surface area contributed by atoms with Gasteiger partial charge in [0, 0.05) is 16.1 Å². The lowest BCUT2D eigenvalue weighted by Crippen LogP contribution is -2.00. The van der Waals surface area contributed by atoms with E-state index in [9.17, 15) is 4.79 Å². The van der Waals surface area contributed by atoms with E-state index >= 15 is 0 Å². The van der Waals surface area contributed by atoms with E-state index in [1.165, 1.54) is 18.2 Å². The molecule has 0 saturated carbocycles. The fourth-order valence-electron chi connectivity index (χ4n) is 1.56. The van der Waals surface area contributed by atoms with Crippen molar-refractivity contribution in [3.8, 4) is 11.5 Å². The minimum Gasteiger partial charge on any atom is -0.478 e. The first-order chi connectivity index (χ1) is 8.97. The van der Waals surface area contributed by atoms with E-state index in [1.807, 2.05) is 6.92 Å². The number of hydrogen-bond acceptors (Lipinski definition) is 2. The Kier molecular flexibility index (Phi) is 3.98. The lowest BCUT2D eigenvalue weighted by Gasteiger charge is -2.10. The Morgan fingerprint density at radius 3 is 2.53 bits per heavy atom. The molecule has 5 heteroatoms. The summed E-state index contributed by atoms with van der Waals surface area (Å²) in [5, 5.41) is 10.1. The molecule has 0 spiro atoms. The van der Waals surface area contributed by atoms with E-state index in [2.05, 4.69) is 0 Å². The van der Waals surface area contributed by atoms with Gasteiger partial charge in [0.05, 0.1) is 0 Å². The first-order valence-electron chi connectivity index (χ1n) is 5.44. The Hall–Kier alpha value is -1.71. The fourth-order valence-corrected chi connectivity index (χ4v) is 1.84. The van der Waals surface area contributed by atoms with Gasteiger partial charge in [0.25, 0.3) is 0 Å². The molecule has 2 aromatic carbocycles. The molecule has 2 aromatic rings. The molecular weight excluding hydrogens is 287 g/mol. The van der Waals surface area contributed by atoms with Crippen LogP contribution < -0.4 is 4.74 Å². The van der Waals surface area contributed by atoms with E-state index in [4.69, 9.17) is 33.0 Å². The van der Waals surface area contributed by atoms with E-state index in [0.717, 1.165) is 5.56 Å². The molecule has 1 N–H and O–H groups in total. The van der Waals surface area contributed by atoms with Crippen molar-refractivity contribution in [2.75, 3.05) is 0 Å². The van der Waals surface area contributed by atoms with Crippen LogP contribution in [0.5, 0.6) is 11.5 Å². The SMILES string of the molecule is Cc1cc(Oc2cc(Cl)ccc2C(=O)O)ccc1Cl. The van der Waals surface area contributed by atoms with Crippen LogP contribution in [0.1, 0.15) is 15.9 Å². The molecule has 0 fully saturated rings. The summed E-state index contributed by atoms with van der Waals surface area (Å²) in [5.41, 5.74) is 0.898. The second kappa shape index (κ2) is 5.51. The summed E-state index contributed by atoms with van der Waals surface area (Å²) in [5.74, 6) is -0.370. The van der Waals surface area contributed by atoms with Gasteiger partial charge in [0.2, 0.25) is 0 Å². The summed E-state index contributed by atoms with van der Waals surface area (Å²) in [6, 6.07) is 9.47. The summed E-state index contributed by atoms with van der Waals surface area (Å²) in [4.78, 5) is 11.1. The van der Waals surface area contributed by atoms with Crippen molar-refractivity contribution in [3.05, 3.63) is 57.6 Å². The molecule has 0 heterocycles. The zero-order chi connectivity index (χ0) is 14.0. The van der Waals surface area contributed by atoms with Crippen LogP contribution in [-0.4, -0.2) is 11.1 Å². The molecule has 0 aromatic heterocycles. The quantitative estimate of drug-likeness (QED) is 0.885. The summed E-state index contributed by atoms with van der Waals surface area (Å²) in [6.07, 6.45) is 0. The van der Waals surface area contributed by atoms with Crippen LogP contribution in [0.25, 0.3) is 0 Å². The maximum Gasteiger partial charge on any atom is 0.339 e. The third-order valence-electron chi connectivity index (χ3n) is 2.53. The van der Waals surface area contributed by atoms with Gasteiger partial charge >= 0.3 is 5.97 Å². The van der Waals surface area contributed by atoms with Gasteiger partial charge in [-0.15, -0.1) is 0 Å². The van der Waals surface area contributed by atoms with Gasteiger partial charge in [-0.25, -0.2) is 4.79 Å². The molecule has 0 radical (unpaired) electrons. The number of ether oxygens (including phenoxy) is 1. The van der Waals surface area contributed by atoms with Gasteiger partial charge in [0.1, 0.15) is 17.1 Å². The predicted molar refractivity (Wildman–Crippen MR) is 74.7 cm³/mol. The summed E-state index contributed by atoms with van der Waals surface area (Å²) in [7, 11) is 0. The van der Waals surface area contributed by atoms with Gasteiger partial charge in [0.15, 0.2) is 0 Å². The lowest BCUT2D eigenvalue weighted by molar-refractivity contribution is 0.0694. The van der Waals surface area contributed by atoms with Gasteiger partial charge in [-0.05, 0) is 42.8 Å². The number of carboxylic acid groups (broad SMARTS) is 1. The van der Waals surface area contributed by atoms with Gasteiger partial charge in [-0.1, -0.05) is 23.2 Å². The molecule has 0 aliphatic carbocycles. The first kappa shape index (κ1) is 13.7. The van der Waals surface area contributed by atoms with Crippen LogP contribution in [0.3, 0.4) is 0 Å². The van der Waals surface area contributed by atoms with Crippen molar-refractivity contribution in [1.29, 1.82) is 0 Å². The molecule has 19 heavy (non-hydrogen) atoms. The minimum absolute atomic E-state index is 0.0528.